The van der Waals surface area contributed by atoms with Gasteiger partial charge in [0.15, 0.2) is 0 Å². The Balaban J connectivity index is 2.07. The van der Waals surface area contributed by atoms with E-state index in [-0.39, 0.29) is 30.3 Å². The summed E-state index contributed by atoms with van der Waals surface area (Å²) >= 11 is 0. The first-order valence-corrected chi connectivity index (χ1v) is 6.00. The van der Waals surface area contributed by atoms with Gasteiger partial charge in [-0.1, -0.05) is 6.07 Å². The summed E-state index contributed by atoms with van der Waals surface area (Å²) in [6, 6.07) is 2.76. The van der Waals surface area contributed by atoms with Crippen molar-refractivity contribution in [2.24, 2.45) is 5.92 Å². The molecule has 1 aliphatic heterocycles. The molecule has 1 fully saturated rings. The van der Waals surface area contributed by atoms with Crippen molar-refractivity contribution in [1.82, 2.24) is 10.6 Å². The Kier molecular flexibility index (Phi) is 3.78. The molecular formula is C13H14F2N2O2. The number of rotatable bonds is 3. The van der Waals surface area contributed by atoms with Gasteiger partial charge in [0.05, 0.1) is 12.0 Å². The predicted molar refractivity (Wildman–Crippen MR) is 64.0 cm³/mol. The van der Waals surface area contributed by atoms with Crippen LogP contribution in [0.4, 0.5) is 8.78 Å². The number of benzene rings is 1. The molecule has 1 aromatic rings. The van der Waals surface area contributed by atoms with E-state index >= 15 is 0 Å². The van der Waals surface area contributed by atoms with Crippen LogP contribution in [-0.2, 0) is 9.59 Å². The number of carbonyl (C=O) groups excluding carboxylic acids is 2. The van der Waals surface area contributed by atoms with Crippen LogP contribution in [0, 0.1) is 17.6 Å². The standard InChI is InChI=1S/C13H14F2N2O2/c1-7(12-9(14)3-2-4-10(12)15)17-13(19)8-5-11(18)16-6-8/h2-4,7-8H,5-6H2,1H3,(H,16,18)(H,17,19). The van der Waals surface area contributed by atoms with Crippen LogP contribution in [0.5, 0.6) is 0 Å². The van der Waals surface area contributed by atoms with Crippen molar-refractivity contribution in [2.45, 2.75) is 19.4 Å². The van der Waals surface area contributed by atoms with Crippen LogP contribution >= 0.6 is 0 Å². The fourth-order valence-electron chi connectivity index (χ4n) is 2.12. The third-order valence-corrected chi connectivity index (χ3v) is 3.14. The molecule has 2 amide bonds. The molecule has 0 aromatic heterocycles. The highest BCUT2D eigenvalue weighted by Crippen LogP contribution is 2.21. The van der Waals surface area contributed by atoms with Crippen molar-refractivity contribution in [3.63, 3.8) is 0 Å². The van der Waals surface area contributed by atoms with E-state index in [4.69, 9.17) is 0 Å². The van der Waals surface area contributed by atoms with Crippen LogP contribution in [-0.4, -0.2) is 18.4 Å². The normalized spacial score (nSPS) is 19.9. The van der Waals surface area contributed by atoms with E-state index in [1.165, 1.54) is 13.0 Å². The minimum absolute atomic E-state index is 0.109. The monoisotopic (exact) mass is 268 g/mol. The van der Waals surface area contributed by atoms with Gasteiger partial charge in [-0.2, -0.15) is 0 Å². The summed E-state index contributed by atoms with van der Waals surface area (Å²) in [7, 11) is 0. The molecule has 1 aliphatic rings. The number of hydrogen-bond acceptors (Lipinski definition) is 2. The molecule has 1 saturated heterocycles. The van der Waals surface area contributed by atoms with Crippen molar-refractivity contribution in [3.8, 4) is 0 Å². The molecule has 6 heteroatoms. The van der Waals surface area contributed by atoms with Crippen LogP contribution in [0.25, 0.3) is 0 Å². The minimum atomic E-state index is -0.788. The lowest BCUT2D eigenvalue weighted by atomic mass is 10.0. The van der Waals surface area contributed by atoms with Crippen molar-refractivity contribution < 1.29 is 18.4 Å². The quantitative estimate of drug-likeness (QED) is 0.867. The molecule has 2 rings (SSSR count). The molecule has 2 unspecified atom stereocenters. The second-order valence-electron chi connectivity index (χ2n) is 4.57. The predicted octanol–water partition coefficient (Wildman–Crippen LogP) is 1.28. The molecule has 102 valence electrons. The van der Waals surface area contributed by atoms with Crippen molar-refractivity contribution in [3.05, 3.63) is 35.4 Å². The Morgan fingerprint density at radius 1 is 1.42 bits per heavy atom. The highest BCUT2D eigenvalue weighted by Gasteiger charge is 2.29. The summed E-state index contributed by atoms with van der Waals surface area (Å²) in [5.74, 6) is -2.45. The molecule has 19 heavy (non-hydrogen) atoms. The zero-order valence-corrected chi connectivity index (χ0v) is 10.4. The highest BCUT2D eigenvalue weighted by molar-refractivity contribution is 5.89. The van der Waals surface area contributed by atoms with Gasteiger partial charge in [-0.25, -0.2) is 8.78 Å². The Morgan fingerprint density at radius 2 is 2.05 bits per heavy atom. The maximum Gasteiger partial charge on any atom is 0.225 e. The Bertz CT molecular complexity index is 499. The summed E-state index contributed by atoms with van der Waals surface area (Å²) in [6.45, 7) is 1.76. The van der Waals surface area contributed by atoms with Gasteiger partial charge < -0.3 is 10.6 Å². The number of halogens is 2. The first-order valence-electron chi connectivity index (χ1n) is 6.00. The third-order valence-electron chi connectivity index (χ3n) is 3.14. The van der Waals surface area contributed by atoms with E-state index in [1.807, 2.05) is 0 Å². The lowest BCUT2D eigenvalue weighted by Gasteiger charge is -2.17. The van der Waals surface area contributed by atoms with Crippen molar-refractivity contribution >= 4 is 11.8 Å². The van der Waals surface area contributed by atoms with Gasteiger partial charge in [-0.15, -0.1) is 0 Å². The van der Waals surface area contributed by atoms with Gasteiger partial charge in [-0.05, 0) is 19.1 Å². The summed E-state index contributed by atoms with van der Waals surface area (Å²) < 4.78 is 27.1. The first-order chi connectivity index (χ1) is 8.99. The molecule has 0 aliphatic carbocycles. The molecule has 2 N–H and O–H groups in total. The van der Waals surface area contributed by atoms with Gasteiger partial charge in [0.1, 0.15) is 11.6 Å². The lowest BCUT2D eigenvalue weighted by molar-refractivity contribution is -0.127. The Labute approximate surface area is 109 Å². The second-order valence-corrected chi connectivity index (χ2v) is 4.57. The Morgan fingerprint density at radius 3 is 2.58 bits per heavy atom. The molecule has 0 bridgehead atoms. The van der Waals surface area contributed by atoms with E-state index in [2.05, 4.69) is 10.6 Å². The van der Waals surface area contributed by atoms with Crippen LogP contribution in [0.1, 0.15) is 24.9 Å². The molecule has 4 nitrogen and oxygen atoms in total. The van der Waals surface area contributed by atoms with Crippen LogP contribution < -0.4 is 10.6 Å². The summed E-state index contributed by atoms with van der Waals surface area (Å²) in [4.78, 5) is 22.9. The first kappa shape index (κ1) is 13.5. The van der Waals surface area contributed by atoms with Crippen molar-refractivity contribution in [2.75, 3.05) is 6.54 Å². The number of nitrogens with one attached hydrogen (secondary N) is 2. The van der Waals surface area contributed by atoms with Gasteiger partial charge in [0.2, 0.25) is 11.8 Å². The molecule has 0 radical (unpaired) electrons. The average molecular weight is 268 g/mol. The van der Waals surface area contributed by atoms with E-state index in [0.717, 1.165) is 12.1 Å². The molecule has 0 saturated carbocycles. The van der Waals surface area contributed by atoms with Crippen LogP contribution in [0.15, 0.2) is 18.2 Å². The van der Waals surface area contributed by atoms with Crippen LogP contribution in [0.3, 0.4) is 0 Å². The van der Waals surface area contributed by atoms with Gasteiger partial charge in [0.25, 0.3) is 0 Å². The van der Waals surface area contributed by atoms with E-state index in [1.54, 1.807) is 0 Å². The van der Waals surface area contributed by atoms with Crippen LogP contribution in [0.2, 0.25) is 0 Å². The smallest absolute Gasteiger partial charge is 0.225 e. The summed E-state index contributed by atoms with van der Waals surface area (Å²) in [5, 5.41) is 5.07. The number of hydrogen-bond donors (Lipinski definition) is 2. The van der Waals surface area contributed by atoms with Gasteiger partial charge in [0, 0.05) is 18.5 Å². The second kappa shape index (κ2) is 5.34. The SMILES string of the molecule is CC(NC(=O)C1CNC(=O)C1)c1c(F)cccc1F. The fourth-order valence-corrected chi connectivity index (χ4v) is 2.12. The maximum atomic E-state index is 13.5. The molecule has 2 atom stereocenters. The molecule has 1 heterocycles. The maximum absolute atomic E-state index is 13.5. The largest absolute Gasteiger partial charge is 0.355 e. The van der Waals surface area contributed by atoms with E-state index in [0.29, 0.717) is 0 Å². The molecule has 0 spiro atoms. The zero-order chi connectivity index (χ0) is 14.0. The van der Waals surface area contributed by atoms with Gasteiger partial charge >= 0.3 is 0 Å². The Hall–Kier alpha value is -1.98. The summed E-state index contributed by atoms with van der Waals surface area (Å²) in [5.41, 5.74) is -0.173. The average Bonchev–Trinajstić information content (AvgIpc) is 2.75. The number of amides is 2. The van der Waals surface area contributed by atoms with E-state index < -0.39 is 23.6 Å². The lowest BCUT2D eigenvalue weighted by Crippen LogP contribution is -2.34. The summed E-state index contributed by atoms with van der Waals surface area (Å²) in [6.07, 6.45) is 0.109. The van der Waals surface area contributed by atoms with Gasteiger partial charge in [-0.3, -0.25) is 9.59 Å². The molecular weight excluding hydrogens is 254 g/mol. The number of carbonyl (C=O) groups is 2. The molecule has 1 aromatic carbocycles. The fraction of sp³-hybridized carbons (Fsp3) is 0.385. The van der Waals surface area contributed by atoms with E-state index in [9.17, 15) is 18.4 Å². The van der Waals surface area contributed by atoms with Crippen molar-refractivity contribution in [1.29, 1.82) is 0 Å². The topological polar surface area (TPSA) is 58.2 Å². The zero-order valence-electron chi connectivity index (χ0n) is 10.4. The highest BCUT2D eigenvalue weighted by atomic mass is 19.1. The minimum Gasteiger partial charge on any atom is -0.355 e. The third kappa shape index (κ3) is 2.89.